The standard InChI is InChI=1S/C25H12Cl5F3N2O6/c26-18-19(27)21(29)23(22(30)20(18)28)39-10-15-4-5-17(41-15)24(36)34-12-7-13(35(37)38)9-16(8-12)40-14-3-1-2-11(6-14)25(31,32)33/h1-9H,10H2,(H,34,36). The fourth-order valence-corrected chi connectivity index (χ4v) is 4.55. The molecule has 1 aromatic heterocycles. The predicted octanol–water partition coefficient (Wildman–Crippen LogP) is 10.1. The van der Waals surface area contributed by atoms with E-state index in [0.29, 0.717) is 0 Å². The van der Waals surface area contributed by atoms with Crippen LogP contribution in [0.15, 0.2) is 59.0 Å². The first kappa shape index (κ1) is 30.6. The van der Waals surface area contributed by atoms with E-state index in [2.05, 4.69) is 5.32 Å². The van der Waals surface area contributed by atoms with Crippen molar-refractivity contribution in [2.24, 2.45) is 0 Å². The van der Waals surface area contributed by atoms with Crippen molar-refractivity contribution >= 4 is 75.3 Å². The quantitative estimate of drug-likeness (QED) is 0.0866. The molecule has 1 heterocycles. The van der Waals surface area contributed by atoms with E-state index < -0.39 is 28.3 Å². The SMILES string of the molecule is O=C(Nc1cc(Oc2cccc(C(F)(F)F)c2)cc([N+](=O)[O-])c1)c1ccc(COc2c(Cl)c(Cl)c(Cl)c(Cl)c2Cl)o1. The lowest BCUT2D eigenvalue weighted by atomic mass is 10.2. The molecule has 0 saturated carbocycles. The lowest BCUT2D eigenvalue weighted by Crippen LogP contribution is -2.11. The van der Waals surface area contributed by atoms with E-state index in [1.54, 1.807) is 0 Å². The number of hydrogen-bond acceptors (Lipinski definition) is 6. The minimum absolute atomic E-state index is 0.0582. The van der Waals surface area contributed by atoms with E-state index >= 15 is 0 Å². The Labute approximate surface area is 253 Å². The van der Waals surface area contributed by atoms with Crippen LogP contribution >= 0.6 is 58.0 Å². The van der Waals surface area contributed by atoms with Gasteiger partial charge in [0.2, 0.25) is 0 Å². The molecular weight excluding hydrogens is 659 g/mol. The average Bonchev–Trinajstić information content (AvgIpc) is 3.39. The third kappa shape index (κ3) is 7.11. The Morgan fingerprint density at radius 2 is 1.56 bits per heavy atom. The molecule has 4 rings (SSSR count). The summed E-state index contributed by atoms with van der Waals surface area (Å²) in [5, 5.41) is 13.4. The molecule has 4 aromatic rings. The van der Waals surface area contributed by atoms with Gasteiger partial charge in [0.25, 0.3) is 11.6 Å². The summed E-state index contributed by atoms with van der Waals surface area (Å²) in [5.74, 6) is -1.36. The summed E-state index contributed by atoms with van der Waals surface area (Å²) >= 11 is 30.2. The number of non-ortho nitro benzene ring substituents is 1. The number of carbonyl (C=O) groups is 1. The van der Waals surface area contributed by atoms with Crippen LogP contribution in [0.5, 0.6) is 17.2 Å². The van der Waals surface area contributed by atoms with Crippen molar-refractivity contribution in [3.63, 3.8) is 0 Å². The highest BCUT2D eigenvalue weighted by Crippen LogP contribution is 2.48. The van der Waals surface area contributed by atoms with Crippen molar-refractivity contribution in [3.05, 3.63) is 107 Å². The number of furan rings is 1. The van der Waals surface area contributed by atoms with Crippen LogP contribution in [0.25, 0.3) is 0 Å². The lowest BCUT2D eigenvalue weighted by Gasteiger charge is -2.13. The predicted molar refractivity (Wildman–Crippen MR) is 147 cm³/mol. The molecule has 0 bridgehead atoms. The fourth-order valence-electron chi connectivity index (χ4n) is 3.32. The number of nitro benzene ring substituents is 1. The van der Waals surface area contributed by atoms with Crippen LogP contribution in [0.1, 0.15) is 21.9 Å². The van der Waals surface area contributed by atoms with E-state index in [1.807, 2.05) is 0 Å². The number of rotatable bonds is 8. The monoisotopic (exact) mass is 668 g/mol. The molecule has 0 fully saturated rings. The number of benzene rings is 3. The highest BCUT2D eigenvalue weighted by Gasteiger charge is 2.30. The largest absolute Gasteiger partial charge is 0.482 e. The molecule has 0 radical (unpaired) electrons. The number of amides is 1. The maximum atomic E-state index is 13.0. The highest BCUT2D eigenvalue weighted by atomic mass is 35.5. The van der Waals surface area contributed by atoms with Crippen molar-refractivity contribution < 1.29 is 36.8 Å². The molecule has 1 N–H and O–H groups in total. The first-order valence-corrected chi connectivity index (χ1v) is 12.8. The Hall–Kier alpha value is -3.35. The number of nitrogens with one attached hydrogen (secondary N) is 1. The Morgan fingerprint density at radius 1 is 0.902 bits per heavy atom. The smallest absolute Gasteiger partial charge is 0.416 e. The first-order chi connectivity index (χ1) is 19.2. The molecule has 214 valence electrons. The summed E-state index contributed by atoms with van der Waals surface area (Å²) in [6.45, 7) is -0.257. The molecule has 41 heavy (non-hydrogen) atoms. The normalized spacial score (nSPS) is 11.3. The van der Waals surface area contributed by atoms with Crippen LogP contribution < -0.4 is 14.8 Å². The minimum Gasteiger partial charge on any atom is -0.482 e. The van der Waals surface area contributed by atoms with Crippen molar-refractivity contribution in [3.8, 4) is 17.2 Å². The molecule has 3 aromatic carbocycles. The second kappa shape index (κ2) is 12.3. The molecule has 0 unspecified atom stereocenters. The molecule has 0 spiro atoms. The van der Waals surface area contributed by atoms with Gasteiger partial charge >= 0.3 is 6.18 Å². The summed E-state index contributed by atoms with van der Waals surface area (Å²) in [5.41, 5.74) is -1.56. The average molecular weight is 671 g/mol. The number of anilines is 1. The molecule has 0 aliphatic carbocycles. The number of nitrogens with zero attached hydrogens (tertiary/aromatic N) is 1. The zero-order chi connectivity index (χ0) is 30.1. The molecular formula is C25H12Cl5F3N2O6. The van der Waals surface area contributed by atoms with Crippen LogP contribution in [0, 0.1) is 10.1 Å². The summed E-state index contributed by atoms with van der Waals surface area (Å²) in [6, 6.07) is 9.86. The summed E-state index contributed by atoms with van der Waals surface area (Å²) in [7, 11) is 0. The molecule has 8 nitrogen and oxygen atoms in total. The molecule has 1 amide bonds. The maximum Gasteiger partial charge on any atom is 0.416 e. The Balaban J connectivity index is 1.50. The molecule has 0 saturated heterocycles. The number of alkyl halides is 3. The van der Waals surface area contributed by atoms with Gasteiger partial charge in [0.1, 0.15) is 33.9 Å². The van der Waals surface area contributed by atoms with Crippen LogP contribution in [0.3, 0.4) is 0 Å². The van der Waals surface area contributed by atoms with Gasteiger partial charge in [0, 0.05) is 12.1 Å². The third-order valence-corrected chi connectivity index (χ3v) is 7.41. The second-order valence-corrected chi connectivity index (χ2v) is 9.90. The number of ether oxygens (including phenoxy) is 2. The van der Waals surface area contributed by atoms with E-state index in [9.17, 15) is 28.1 Å². The van der Waals surface area contributed by atoms with Crippen LogP contribution in [0.4, 0.5) is 24.5 Å². The number of hydrogen-bond donors (Lipinski definition) is 1. The van der Waals surface area contributed by atoms with E-state index in [0.717, 1.165) is 30.3 Å². The topological polar surface area (TPSA) is 104 Å². The molecule has 16 heteroatoms. The zero-order valence-corrected chi connectivity index (χ0v) is 23.6. The third-order valence-electron chi connectivity index (χ3n) is 5.17. The molecule has 0 atom stereocenters. The number of nitro groups is 1. The van der Waals surface area contributed by atoms with E-state index in [-0.39, 0.29) is 66.2 Å². The van der Waals surface area contributed by atoms with E-state index in [4.69, 9.17) is 71.9 Å². The van der Waals surface area contributed by atoms with Gasteiger partial charge in [-0.15, -0.1) is 0 Å². The number of halogens is 8. The van der Waals surface area contributed by atoms with Gasteiger partial charge in [-0.3, -0.25) is 14.9 Å². The highest BCUT2D eigenvalue weighted by molar-refractivity contribution is 6.55. The van der Waals surface area contributed by atoms with Gasteiger partial charge in [-0.2, -0.15) is 13.2 Å². The lowest BCUT2D eigenvalue weighted by molar-refractivity contribution is -0.384. The summed E-state index contributed by atoms with van der Waals surface area (Å²) in [6.07, 6.45) is -4.62. The van der Waals surface area contributed by atoms with Gasteiger partial charge in [-0.05, 0) is 30.3 Å². The van der Waals surface area contributed by atoms with Crippen LogP contribution in [-0.4, -0.2) is 10.8 Å². The van der Waals surface area contributed by atoms with Gasteiger partial charge in [-0.1, -0.05) is 64.1 Å². The second-order valence-electron chi connectivity index (χ2n) is 8.01. The molecule has 0 aliphatic rings. The maximum absolute atomic E-state index is 13.0. The first-order valence-electron chi connectivity index (χ1n) is 10.9. The van der Waals surface area contributed by atoms with E-state index in [1.165, 1.54) is 24.3 Å². The Morgan fingerprint density at radius 3 is 2.20 bits per heavy atom. The Kier molecular flexibility index (Phi) is 9.15. The molecule has 0 aliphatic heterocycles. The van der Waals surface area contributed by atoms with Crippen molar-refractivity contribution in [2.75, 3.05) is 5.32 Å². The Bertz CT molecular complexity index is 1630. The van der Waals surface area contributed by atoms with Crippen LogP contribution in [0.2, 0.25) is 25.1 Å². The zero-order valence-electron chi connectivity index (χ0n) is 19.8. The van der Waals surface area contributed by atoms with Gasteiger partial charge < -0.3 is 19.2 Å². The fraction of sp³-hybridized carbons (Fsp3) is 0.0800. The van der Waals surface area contributed by atoms with Gasteiger partial charge in [0.05, 0.1) is 37.3 Å². The number of carbonyl (C=O) groups excluding carboxylic acids is 1. The van der Waals surface area contributed by atoms with Crippen molar-refractivity contribution in [2.45, 2.75) is 12.8 Å². The van der Waals surface area contributed by atoms with Gasteiger partial charge in [-0.25, -0.2) is 0 Å². The van der Waals surface area contributed by atoms with Gasteiger partial charge in [0.15, 0.2) is 11.5 Å². The van der Waals surface area contributed by atoms with Crippen molar-refractivity contribution in [1.82, 2.24) is 0 Å². The minimum atomic E-state index is -4.62. The summed E-state index contributed by atoms with van der Waals surface area (Å²) in [4.78, 5) is 23.4. The van der Waals surface area contributed by atoms with Crippen LogP contribution in [-0.2, 0) is 12.8 Å². The summed E-state index contributed by atoms with van der Waals surface area (Å²) < 4.78 is 55.5. The van der Waals surface area contributed by atoms with Crippen molar-refractivity contribution in [1.29, 1.82) is 0 Å².